The van der Waals surface area contributed by atoms with Crippen LogP contribution in [-0.2, 0) is 17.8 Å². The molecule has 0 fully saturated rings. The highest BCUT2D eigenvalue weighted by molar-refractivity contribution is 7.08. The van der Waals surface area contributed by atoms with Crippen molar-refractivity contribution in [1.82, 2.24) is 20.2 Å². The molecule has 0 radical (unpaired) electrons. The lowest BCUT2D eigenvalue weighted by Gasteiger charge is -2.05. The highest BCUT2D eigenvalue weighted by Gasteiger charge is 2.15. The van der Waals surface area contributed by atoms with E-state index in [0.717, 1.165) is 11.5 Å². The van der Waals surface area contributed by atoms with Gasteiger partial charge in [-0.15, -0.1) is 5.10 Å². The molecule has 0 aromatic carbocycles. The van der Waals surface area contributed by atoms with Crippen LogP contribution in [0.2, 0.25) is 0 Å². The van der Waals surface area contributed by atoms with Gasteiger partial charge in [0.2, 0.25) is 5.91 Å². The highest BCUT2D eigenvalue weighted by atomic mass is 32.1. The van der Waals surface area contributed by atoms with Gasteiger partial charge in [-0.05, 0) is 30.1 Å². The van der Waals surface area contributed by atoms with Gasteiger partial charge < -0.3 is 15.1 Å². The smallest absolute Gasteiger partial charge is 0.265 e. The largest absolute Gasteiger partial charge is 0.467 e. The molecule has 20 heavy (non-hydrogen) atoms. The molecule has 0 aliphatic rings. The second kappa shape index (κ2) is 6.80. The van der Waals surface area contributed by atoms with E-state index in [0.29, 0.717) is 29.3 Å². The van der Waals surface area contributed by atoms with Gasteiger partial charge >= 0.3 is 0 Å². The zero-order valence-corrected chi connectivity index (χ0v) is 11.7. The van der Waals surface area contributed by atoms with Crippen molar-refractivity contribution < 1.29 is 14.0 Å². The van der Waals surface area contributed by atoms with Crippen LogP contribution in [0.4, 0.5) is 0 Å². The first-order valence-electron chi connectivity index (χ1n) is 6.09. The summed E-state index contributed by atoms with van der Waals surface area (Å²) in [7, 11) is 0. The standard InChI is InChI=1S/C12H14N4O3S/c1-2-9-11(20-16-15-9)12(18)14-7-10(17)13-6-8-4-3-5-19-8/h3-5H,2,6-7H2,1H3,(H,13,17)(H,14,18). The molecular weight excluding hydrogens is 280 g/mol. The van der Waals surface area contributed by atoms with Gasteiger partial charge in [-0.3, -0.25) is 9.59 Å². The molecule has 7 nitrogen and oxygen atoms in total. The van der Waals surface area contributed by atoms with Crippen molar-refractivity contribution >= 4 is 23.3 Å². The highest BCUT2D eigenvalue weighted by Crippen LogP contribution is 2.10. The number of carbonyl (C=O) groups is 2. The predicted molar refractivity (Wildman–Crippen MR) is 72.2 cm³/mol. The van der Waals surface area contributed by atoms with Crippen LogP contribution in [0.1, 0.15) is 28.0 Å². The molecule has 2 aromatic rings. The fourth-order valence-corrected chi connectivity index (χ4v) is 2.18. The normalized spacial score (nSPS) is 10.2. The number of carbonyl (C=O) groups excluding carboxylic acids is 2. The van der Waals surface area contributed by atoms with Crippen LogP contribution >= 0.6 is 11.5 Å². The van der Waals surface area contributed by atoms with Crippen molar-refractivity contribution in [1.29, 1.82) is 0 Å². The molecule has 0 unspecified atom stereocenters. The van der Waals surface area contributed by atoms with Crippen LogP contribution in [0.15, 0.2) is 22.8 Å². The number of hydrogen-bond donors (Lipinski definition) is 2. The Kier molecular flexibility index (Phi) is 4.83. The van der Waals surface area contributed by atoms with E-state index in [1.807, 2.05) is 6.92 Å². The molecule has 2 heterocycles. The molecule has 0 spiro atoms. The minimum atomic E-state index is -0.329. The average molecular weight is 294 g/mol. The Morgan fingerprint density at radius 1 is 1.40 bits per heavy atom. The van der Waals surface area contributed by atoms with E-state index >= 15 is 0 Å². The Hall–Kier alpha value is -2.22. The predicted octanol–water partition coefficient (Wildman–Crippen LogP) is 0.740. The SMILES string of the molecule is CCc1nnsc1C(=O)NCC(=O)NCc1ccco1. The monoisotopic (exact) mass is 294 g/mol. The minimum Gasteiger partial charge on any atom is -0.467 e. The van der Waals surface area contributed by atoms with Crippen LogP contribution in [0.3, 0.4) is 0 Å². The molecule has 2 aromatic heterocycles. The van der Waals surface area contributed by atoms with Gasteiger partial charge in [0.25, 0.3) is 5.91 Å². The summed E-state index contributed by atoms with van der Waals surface area (Å²) in [5, 5.41) is 9.03. The Morgan fingerprint density at radius 2 is 2.25 bits per heavy atom. The fraction of sp³-hybridized carbons (Fsp3) is 0.333. The molecule has 2 N–H and O–H groups in total. The van der Waals surface area contributed by atoms with Crippen molar-refractivity contribution in [3.8, 4) is 0 Å². The van der Waals surface area contributed by atoms with Gasteiger partial charge in [-0.2, -0.15) is 0 Å². The molecule has 0 saturated carbocycles. The first-order valence-corrected chi connectivity index (χ1v) is 6.86. The van der Waals surface area contributed by atoms with E-state index < -0.39 is 0 Å². The molecule has 2 amide bonds. The maximum absolute atomic E-state index is 11.8. The van der Waals surface area contributed by atoms with E-state index in [2.05, 4.69) is 20.2 Å². The van der Waals surface area contributed by atoms with Crippen LogP contribution < -0.4 is 10.6 Å². The maximum atomic E-state index is 11.8. The van der Waals surface area contributed by atoms with Gasteiger partial charge in [-0.1, -0.05) is 11.4 Å². The summed E-state index contributed by atoms with van der Waals surface area (Å²) in [6.07, 6.45) is 2.16. The van der Waals surface area contributed by atoms with Crippen LogP contribution in [0, 0.1) is 0 Å². The zero-order chi connectivity index (χ0) is 14.4. The number of hydrogen-bond acceptors (Lipinski definition) is 6. The first kappa shape index (κ1) is 14.2. The van der Waals surface area contributed by atoms with Gasteiger partial charge in [-0.25, -0.2) is 0 Å². The number of furan rings is 1. The summed E-state index contributed by atoms with van der Waals surface area (Å²) >= 11 is 1.03. The molecule has 0 atom stereocenters. The molecule has 0 aliphatic heterocycles. The minimum absolute atomic E-state index is 0.0966. The molecular formula is C12H14N4O3S. The maximum Gasteiger partial charge on any atom is 0.265 e. The van der Waals surface area contributed by atoms with Crippen LogP contribution in [-0.4, -0.2) is 27.9 Å². The van der Waals surface area contributed by atoms with Crippen molar-refractivity contribution in [3.05, 3.63) is 34.7 Å². The lowest BCUT2D eigenvalue weighted by atomic mass is 10.3. The number of aryl methyl sites for hydroxylation is 1. The number of amides is 2. The Morgan fingerprint density at radius 3 is 2.95 bits per heavy atom. The van der Waals surface area contributed by atoms with E-state index in [1.165, 1.54) is 6.26 Å². The molecule has 8 heteroatoms. The van der Waals surface area contributed by atoms with E-state index in [1.54, 1.807) is 12.1 Å². The topological polar surface area (TPSA) is 97.1 Å². The summed E-state index contributed by atoms with van der Waals surface area (Å²) in [5.41, 5.74) is 0.642. The van der Waals surface area contributed by atoms with E-state index in [4.69, 9.17) is 4.42 Å². The van der Waals surface area contributed by atoms with Crippen molar-refractivity contribution in [2.75, 3.05) is 6.54 Å². The summed E-state index contributed by atoms with van der Waals surface area (Å²) in [4.78, 5) is 23.9. The average Bonchev–Trinajstić information content (AvgIpc) is 3.12. The molecule has 2 rings (SSSR count). The van der Waals surface area contributed by atoms with Gasteiger partial charge in [0.15, 0.2) is 0 Å². The quantitative estimate of drug-likeness (QED) is 0.819. The zero-order valence-electron chi connectivity index (χ0n) is 10.9. The van der Waals surface area contributed by atoms with Gasteiger partial charge in [0, 0.05) is 0 Å². The van der Waals surface area contributed by atoms with Gasteiger partial charge in [0.05, 0.1) is 25.0 Å². The fourth-order valence-electron chi connectivity index (χ4n) is 1.51. The lowest BCUT2D eigenvalue weighted by molar-refractivity contribution is -0.120. The van der Waals surface area contributed by atoms with Crippen LogP contribution in [0.25, 0.3) is 0 Å². The van der Waals surface area contributed by atoms with Crippen molar-refractivity contribution in [3.63, 3.8) is 0 Å². The lowest BCUT2D eigenvalue weighted by Crippen LogP contribution is -2.36. The summed E-state index contributed by atoms with van der Waals surface area (Å²) in [5.74, 6) is 0.0416. The third kappa shape index (κ3) is 3.64. The van der Waals surface area contributed by atoms with Crippen molar-refractivity contribution in [2.24, 2.45) is 0 Å². The Balaban J connectivity index is 1.77. The third-order valence-electron chi connectivity index (χ3n) is 2.55. The molecule has 0 saturated heterocycles. The summed E-state index contributed by atoms with van der Waals surface area (Å²) in [6, 6.07) is 3.50. The second-order valence-corrected chi connectivity index (χ2v) is 4.70. The Labute approximate surface area is 119 Å². The summed E-state index contributed by atoms with van der Waals surface area (Å²) in [6.45, 7) is 2.09. The number of nitrogens with one attached hydrogen (secondary N) is 2. The number of nitrogens with zero attached hydrogens (tertiary/aromatic N) is 2. The number of aromatic nitrogens is 2. The van der Waals surface area contributed by atoms with Crippen LogP contribution in [0.5, 0.6) is 0 Å². The Bertz CT molecular complexity index is 579. The second-order valence-electron chi connectivity index (χ2n) is 3.94. The van der Waals surface area contributed by atoms with E-state index in [9.17, 15) is 9.59 Å². The van der Waals surface area contributed by atoms with E-state index in [-0.39, 0.29) is 18.4 Å². The molecule has 0 bridgehead atoms. The van der Waals surface area contributed by atoms with Gasteiger partial charge in [0.1, 0.15) is 10.6 Å². The third-order valence-corrected chi connectivity index (χ3v) is 3.31. The molecule has 106 valence electrons. The van der Waals surface area contributed by atoms with Crippen molar-refractivity contribution in [2.45, 2.75) is 19.9 Å². The first-order chi connectivity index (χ1) is 9.70. The summed E-state index contributed by atoms with van der Waals surface area (Å²) < 4.78 is 8.81. The molecule has 0 aliphatic carbocycles. The number of rotatable bonds is 6.